The van der Waals surface area contributed by atoms with Crippen molar-refractivity contribution in [3.8, 4) is 0 Å². The lowest BCUT2D eigenvalue weighted by atomic mass is 10.1. The number of piperazine rings is 1. The summed E-state index contributed by atoms with van der Waals surface area (Å²) in [5.41, 5.74) is 1.78. The number of nitrogens with zero attached hydrogens (tertiary/aromatic N) is 5. The zero-order chi connectivity index (χ0) is 22.5. The number of rotatable bonds is 6. The van der Waals surface area contributed by atoms with E-state index in [0.717, 1.165) is 22.9 Å². The van der Waals surface area contributed by atoms with E-state index in [9.17, 15) is 9.18 Å². The van der Waals surface area contributed by atoms with E-state index in [-0.39, 0.29) is 10.9 Å². The van der Waals surface area contributed by atoms with Crippen molar-refractivity contribution in [2.45, 2.75) is 19.8 Å². The first-order valence-corrected chi connectivity index (χ1v) is 10.9. The van der Waals surface area contributed by atoms with Crippen LogP contribution in [0.15, 0.2) is 48.5 Å². The Hall–Kier alpha value is -3.26. The molecule has 166 valence electrons. The zero-order valence-electron chi connectivity index (χ0n) is 17.8. The molecule has 2 aromatic heterocycles. The molecule has 0 spiro atoms. The number of carbonyl (C=O) groups is 1. The maximum absolute atomic E-state index is 13.3. The van der Waals surface area contributed by atoms with Gasteiger partial charge >= 0.3 is 0 Å². The van der Waals surface area contributed by atoms with Crippen LogP contribution in [0.2, 0.25) is 5.02 Å². The Morgan fingerprint density at radius 1 is 1.06 bits per heavy atom. The zero-order valence-corrected chi connectivity index (χ0v) is 18.5. The molecule has 3 aromatic rings. The lowest BCUT2D eigenvalue weighted by Crippen LogP contribution is -2.49. The monoisotopic (exact) mass is 454 g/mol. The second-order valence-electron chi connectivity index (χ2n) is 7.68. The predicted molar refractivity (Wildman–Crippen MR) is 123 cm³/mol. The van der Waals surface area contributed by atoms with Gasteiger partial charge in [-0.05, 0) is 55.3 Å². The summed E-state index contributed by atoms with van der Waals surface area (Å²) in [6.45, 7) is 4.56. The highest BCUT2D eigenvalue weighted by molar-refractivity contribution is 6.30. The number of nitrogens with one attached hydrogen (secondary N) is 1. The van der Waals surface area contributed by atoms with Gasteiger partial charge in [-0.15, -0.1) is 10.2 Å². The average molecular weight is 455 g/mol. The molecule has 0 saturated carbocycles. The maximum Gasteiger partial charge on any atom is 0.223 e. The van der Waals surface area contributed by atoms with E-state index in [2.05, 4.69) is 25.4 Å². The first-order valence-electron chi connectivity index (χ1n) is 10.5. The summed E-state index contributed by atoms with van der Waals surface area (Å²) < 4.78 is 13.3. The Morgan fingerprint density at radius 2 is 1.88 bits per heavy atom. The molecule has 1 aromatic carbocycles. The van der Waals surface area contributed by atoms with E-state index in [1.54, 1.807) is 12.1 Å². The maximum atomic E-state index is 13.3. The number of aromatic nitrogens is 3. The molecule has 1 saturated heterocycles. The quantitative estimate of drug-likeness (QED) is 0.607. The molecule has 0 unspecified atom stereocenters. The van der Waals surface area contributed by atoms with Gasteiger partial charge in [-0.25, -0.2) is 9.37 Å². The summed E-state index contributed by atoms with van der Waals surface area (Å²) in [6, 6.07) is 14.1. The topological polar surface area (TPSA) is 74.2 Å². The molecule has 1 aliphatic heterocycles. The third-order valence-corrected chi connectivity index (χ3v) is 5.65. The van der Waals surface area contributed by atoms with Crippen LogP contribution in [0.1, 0.15) is 17.7 Å². The molecule has 9 heteroatoms. The largest absolute Gasteiger partial charge is 0.352 e. The second-order valence-corrected chi connectivity index (χ2v) is 8.09. The van der Waals surface area contributed by atoms with Crippen LogP contribution in [-0.2, 0) is 11.2 Å². The van der Waals surface area contributed by atoms with E-state index in [4.69, 9.17) is 11.6 Å². The van der Waals surface area contributed by atoms with Gasteiger partial charge in [0.25, 0.3) is 0 Å². The molecule has 1 aliphatic rings. The molecular formula is C23H24ClFN6O. The molecule has 3 heterocycles. The Balaban J connectivity index is 1.26. The minimum absolute atomic E-state index is 0.0843. The number of halogens is 2. The van der Waals surface area contributed by atoms with E-state index in [1.165, 1.54) is 6.07 Å². The summed E-state index contributed by atoms with van der Waals surface area (Å²) in [4.78, 5) is 20.9. The van der Waals surface area contributed by atoms with Crippen molar-refractivity contribution in [3.05, 3.63) is 70.6 Å². The number of hydrogen-bond acceptors (Lipinski definition) is 6. The molecule has 7 nitrogen and oxygen atoms in total. The van der Waals surface area contributed by atoms with E-state index in [1.807, 2.05) is 42.2 Å². The van der Waals surface area contributed by atoms with Gasteiger partial charge in [0.1, 0.15) is 11.6 Å². The number of benzene rings is 1. The standard InChI is InChI=1S/C23H24ClFN6O/c1-16-3-2-4-20(26-16)27-21-8-9-22(29-28-21)30-11-13-31(14-12-30)23(32)10-6-17-5-7-19(25)18(24)15-17/h2-5,7-9,15H,6,10-14H2,1H3,(H,26,27,28). The van der Waals surface area contributed by atoms with E-state index >= 15 is 0 Å². The Bertz CT molecular complexity index is 1090. The highest BCUT2D eigenvalue weighted by Gasteiger charge is 2.22. The SMILES string of the molecule is Cc1cccc(Nc2ccc(N3CCN(C(=O)CCc4ccc(F)c(Cl)c4)CC3)nn2)n1. The molecule has 32 heavy (non-hydrogen) atoms. The highest BCUT2D eigenvalue weighted by atomic mass is 35.5. The molecule has 0 radical (unpaired) electrons. The van der Waals surface area contributed by atoms with Gasteiger partial charge in [-0.2, -0.15) is 0 Å². The fourth-order valence-electron chi connectivity index (χ4n) is 3.59. The third kappa shape index (κ3) is 5.50. The third-order valence-electron chi connectivity index (χ3n) is 5.36. The Labute approximate surface area is 191 Å². The Morgan fingerprint density at radius 3 is 2.56 bits per heavy atom. The van der Waals surface area contributed by atoms with Crippen LogP contribution in [0.25, 0.3) is 0 Å². The lowest BCUT2D eigenvalue weighted by Gasteiger charge is -2.35. The number of anilines is 3. The number of amides is 1. The minimum Gasteiger partial charge on any atom is -0.352 e. The number of pyridine rings is 1. The van der Waals surface area contributed by atoms with Gasteiger partial charge in [-0.1, -0.05) is 23.7 Å². The fraction of sp³-hybridized carbons (Fsp3) is 0.304. The molecule has 1 amide bonds. The first-order chi connectivity index (χ1) is 15.5. The summed E-state index contributed by atoms with van der Waals surface area (Å²) in [7, 11) is 0. The second kappa shape index (κ2) is 9.91. The van der Waals surface area contributed by atoms with E-state index in [0.29, 0.717) is 44.8 Å². The normalized spacial score (nSPS) is 13.8. The van der Waals surface area contributed by atoms with Crippen LogP contribution in [0.4, 0.5) is 21.8 Å². The smallest absolute Gasteiger partial charge is 0.223 e. The number of aryl methyl sites for hydroxylation is 2. The van der Waals surface area contributed by atoms with Gasteiger partial charge in [0.05, 0.1) is 5.02 Å². The van der Waals surface area contributed by atoms with Gasteiger partial charge in [-0.3, -0.25) is 4.79 Å². The molecule has 1 N–H and O–H groups in total. The van der Waals surface area contributed by atoms with Crippen LogP contribution < -0.4 is 10.2 Å². The van der Waals surface area contributed by atoms with Crippen molar-refractivity contribution in [2.24, 2.45) is 0 Å². The van der Waals surface area contributed by atoms with Crippen molar-refractivity contribution >= 4 is 35.0 Å². The summed E-state index contributed by atoms with van der Waals surface area (Å²) in [6.07, 6.45) is 0.907. The molecule has 0 atom stereocenters. The van der Waals surface area contributed by atoms with Gasteiger partial charge in [0.15, 0.2) is 11.6 Å². The molecular weight excluding hydrogens is 431 g/mol. The van der Waals surface area contributed by atoms with Crippen LogP contribution in [0.3, 0.4) is 0 Å². The Kier molecular flexibility index (Phi) is 6.80. The first kappa shape index (κ1) is 22.0. The van der Waals surface area contributed by atoms with Crippen LogP contribution in [-0.4, -0.2) is 52.2 Å². The van der Waals surface area contributed by atoms with Gasteiger partial charge in [0.2, 0.25) is 5.91 Å². The van der Waals surface area contributed by atoms with Crippen molar-refractivity contribution in [1.29, 1.82) is 0 Å². The molecule has 0 bridgehead atoms. The number of carbonyl (C=O) groups excluding carboxylic acids is 1. The van der Waals surface area contributed by atoms with Crippen molar-refractivity contribution in [2.75, 3.05) is 36.4 Å². The fourth-order valence-corrected chi connectivity index (χ4v) is 3.80. The molecule has 0 aliphatic carbocycles. The predicted octanol–water partition coefficient (Wildman–Crippen LogP) is 4.00. The molecule has 1 fully saturated rings. The van der Waals surface area contributed by atoms with Gasteiger partial charge < -0.3 is 15.1 Å². The van der Waals surface area contributed by atoms with E-state index < -0.39 is 5.82 Å². The lowest BCUT2D eigenvalue weighted by molar-refractivity contribution is -0.131. The highest BCUT2D eigenvalue weighted by Crippen LogP contribution is 2.19. The van der Waals surface area contributed by atoms with Gasteiger partial charge in [0, 0.05) is 38.3 Å². The van der Waals surface area contributed by atoms with Crippen LogP contribution in [0.5, 0.6) is 0 Å². The summed E-state index contributed by atoms with van der Waals surface area (Å²) in [5.74, 6) is 1.77. The van der Waals surface area contributed by atoms with Crippen LogP contribution >= 0.6 is 11.6 Å². The van der Waals surface area contributed by atoms with Crippen molar-refractivity contribution in [1.82, 2.24) is 20.1 Å². The minimum atomic E-state index is -0.448. The van der Waals surface area contributed by atoms with Crippen molar-refractivity contribution < 1.29 is 9.18 Å². The average Bonchev–Trinajstić information content (AvgIpc) is 2.80. The molecule has 4 rings (SSSR count). The van der Waals surface area contributed by atoms with Crippen molar-refractivity contribution in [3.63, 3.8) is 0 Å². The summed E-state index contributed by atoms with van der Waals surface area (Å²) >= 11 is 5.81. The summed E-state index contributed by atoms with van der Waals surface area (Å²) in [5, 5.41) is 11.8. The number of hydrogen-bond donors (Lipinski definition) is 1. The van der Waals surface area contributed by atoms with Crippen LogP contribution in [0, 0.1) is 12.7 Å².